The Kier molecular flexibility index (Phi) is 5.27. The number of rotatable bonds is 3. The van der Waals surface area contributed by atoms with Crippen LogP contribution >= 0.6 is 0 Å². The molecule has 0 spiro atoms. The Bertz CT molecular complexity index is 1050. The largest absolute Gasteiger partial charge is 0.474 e. The minimum absolute atomic E-state index is 0.0840. The lowest BCUT2D eigenvalue weighted by Crippen LogP contribution is -2.44. The monoisotopic (exact) mass is 413 g/mol. The SMILES string of the molecule is CC(C)(C)OC(=O)N1CCC(Oc2ncnc3c2cnn3-c2cccc(F)c2)CC1. The van der Waals surface area contributed by atoms with Gasteiger partial charge in [-0.1, -0.05) is 6.07 Å². The van der Waals surface area contributed by atoms with Gasteiger partial charge in [0.05, 0.1) is 11.9 Å². The standard InChI is InChI=1S/C21H24FN5O3/c1-21(2,3)30-20(28)26-9-7-16(8-10-26)29-19-17-12-25-27(18(17)23-13-24-19)15-6-4-5-14(22)11-15/h4-6,11-13,16H,7-10H2,1-3H3. The molecule has 158 valence electrons. The molecular formula is C21H24FN5O3. The van der Waals surface area contributed by atoms with Gasteiger partial charge < -0.3 is 14.4 Å². The zero-order valence-corrected chi connectivity index (χ0v) is 17.2. The molecule has 1 aliphatic rings. The Labute approximate surface area is 173 Å². The normalized spacial score (nSPS) is 15.4. The quantitative estimate of drug-likeness (QED) is 0.651. The third-order valence-electron chi connectivity index (χ3n) is 4.75. The lowest BCUT2D eigenvalue weighted by atomic mass is 10.1. The first-order chi connectivity index (χ1) is 14.3. The van der Waals surface area contributed by atoms with Crippen LogP contribution in [0.2, 0.25) is 0 Å². The highest BCUT2D eigenvalue weighted by atomic mass is 19.1. The van der Waals surface area contributed by atoms with Crippen LogP contribution in [0.1, 0.15) is 33.6 Å². The molecule has 4 rings (SSSR count). The van der Waals surface area contributed by atoms with Gasteiger partial charge in [0.25, 0.3) is 0 Å². The number of hydrogen-bond donors (Lipinski definition) is 0. The molecule has 30 heavy (non-hydrogen) atoms. The van der Waals surface area contributed by atoms with Gasteiger partial charge >= 0.3 is 6.09 Å². The first kappa shape index (κ1) is 20.1. The van der Waals surface area contributed by atoms with E-state index in [2.05, 4.69) is 15.1 Å². The third-order valence-corrected chi connectivity index (χ3v) is 4.75. The van der Waals surface area contributed by atoms with Crippen LogP contribution < -0.4 is 4.74 Å². The molecule has 1 aromatic carbocycles. The van der Waals surface area contributed by atoms with E-state index in [1.165, 1.54) is 18.5 Å². The van der Waals surface area contributed by atoms with Crippen LogP contribution in [0.25, 0.3) is 16.7 Å². The van der Waals surface area contributed by atoms with E-state index in [9.17, 15) is 9.18 Å². The molecule has 0 saturated carbocycles. The maximum absolute atomic E-state index is 13.6. The second kappa shape index (κ2) is 7.89. The Morgan fingerprint density at radius 1 is 1.20 bits per heavy atom. The number of carbonyl (C=O) groups excluding carboxylic acids is 1. The smallest absolute Gasteiger partial charge is 0.410 e. The van der Waals surface area contributed by atoms with Gasteiger partial charge in [0.15, 0.2) is 5.65 Å². The summed E-state index contributed by atoms with van der Waals surface area (Å²) in [6.45, 7) is 6.66. The number of aromatic nitrogens is 4. The number of amides is 1. The molecule has 1 aliphatic heterocycles. The Balaban J connectivity index is 1.46. The number of benzene rings is 1. The van der Waals surface area contributed by atoms with Gasteiger partial charge in [-0.3, -0.25) is 0 Å². The highest BCUT2D eigenvalue weighted by Gasteiger charge is 2.28. The predicted molar refractivity (Wildman–Crippen MR) is 108 cm³/mol. The van der Waals surface area contributed by atoms with Crippen LogP contribution in [-0.4, -0.2) is 55.5 Å². The lowest BCUT2D eigenvalue weighted by molar-refractivity contribution is 0.0124. The van der Waals surface area contributed by atoms with Gasteiger partial charge in [-0.2, -0.15) is 5.10 Å². The van der Waals surface area contributed by atoms with E-state index in [4.69, 9.17) is 9.47 Å². The molecule has 3 aromatic rings. The molecule has 1 fully saturated rings. The molecule has 8 nitrogen and oxygen atoms in total. The van der Waals surface area contributed by atoms with Crippen molar-refractivity contribution in [2.24, 2.45) is 0 Å². The molecule has 0 aliphatic carbocycles. The van der Waals surface area contributed by atoms with Gasteiger partial charge in [-0.25, -0.2) is 23.8 Å². The van der Waals surface area contributed by atoms with Gasteiger partial charge in [0.2, 0.25) is 5.88 Å². The molecule has 1 saturated heterocycles. The zero-order valence-electron chi connectivity index (χ0n) is 17.2. The topological polar surface area (TPSA) is 82.4 Å². The summed E-state index contributed by atoms with van der Waals surface area (Å²) in [6, 6.07) is 6.14. The Morgan fingerprint density at radius 3 is 2.67 bits per heavy atom. The van der Waals surface area contributed by atoms with Crippen molar-refractivity contribution in [3.8, 4) is 11.6 Å². The summed E-state index contributed by atoms with van der Waals surface area (Å²) in [7, 11) is 0. The van der Waals surface area contributed by atoms with Crippen molar-refractivity contribution in [2.75, 3.05) is 13.1 Å². The molecular weight excluding hydrogens is 389 g/mol. The van der Waals surface area contributed by atoms with Crippen LogP contribution in [0.5, 0.6) is 5.88 Å². The molecule has 1 amide bonds. The summed E-state index contributed by atoms with van der Waals surface area (Å²) in [5, 5.41) is 4.98. The van der Waals surface area contributed by atoms with E-state index in [-0.39, 0.29) is 18.0 Å². The number of halogens is 1. The van der Waals surface area contributed by atoms with Crippen molar-refractivity contribution in [3.63, 3.8) is 0 Å². The maximum atomic E-state index is 13.6. The van der Waals surface area contributed by atoms with E-state index in [1.807, 2.05) is 20.8 Å². The first-order valence-corrected chi connectivity index (χ1v) is 9.89. The van der Waals surface area contributed by atoms with Crippen molar-refractivity contribution >= 4 is 17.1 Å². The van der Waals surface area contributed by atoms with Gasteiger partial charge in [-0.15, -0.1) is 0 Å². The fourth-order valence-corrected chi connectivity index (χ4v) is 3.35. The molecule has 9 heteroatoms. The number of hydrogen-bond acceptors (Lipinski definition) is 6. The van der Waals surface area contributed by atoms with Crippen molar-refractivity contribution in [2.45, 2.75) is 45.3 Å². The summed E-state index contributed by atoms with van der Waals surface area (Å²) < 4.78 is 26.7. The molecule has 0 unspecified atom stereocenters. The van der Waals surface area contributed by atoms with Crippen LogP contribution in [0.3, 0.4) is 0 Å². The first-order valence-electron chi connectivity index (χ1n) is 9.89. The lowest BCUT2D eigenvalue weighted by Gasteiger charge is -2.33. The highest BCUT2D eigenvalue weighted by Crippen LogP contribution is 2.26. The van der Waals surface area contributed by atoms with E-state index >= 15 is 0 Å². The summed E-state index contributed by atoms with van der Waals surface area (Å²) in [4.78, 5) is 22.5. The van der Waals surface area contributed by atoms with Crippen LogP contribution in [0.15, 0.2) is 36.8 Å². The maximum Gasteiger partial charge on any atom is 0.410 e. The van der Waals surface area contributed by atoms with E-state index in [1.54, 1.807) is 27.9 Å². The van der Waals surface area contributed by atoms with Crippen molar-refractivity contribution in [3.05, 3.63) is 42.6 Å². The third kappa shape index (κ3) is 4.34. The van der Waals surface area contributed by atoms with Crippen LogP contribution in [-0.2, 0) is 4.74 Å². The molecule has 0 N–H and O–H groups in total. The predicted octanol–water partition coefficient (Wildman–Crippen LogP) is 3.73. The second-order valence-corrected chi connectivity index (χ2v) is 8.24. The second-order valence-electron chi connectivity index (χ2n) is 8.24. The van der Waals surface area contributed by atoms with E-state index in [0.717, 1.165) is 0 Å². The zero-order chi connectivity index (χ0) is 21.3. The number of fused-ring (bicyclic) bond motifs is 1. The number of likely N-dealkylation sites (tertiary alicyclic amines) is 1. The van der Waals surface area contributed by atoms with E-state index < -0.39 is 5.60 Å². The van der Waals surface area contributed by atoms with Crippen molar-refractivity contribution in [1.82, 2.24) is 24.6 Å². The number of nitrogens with zero attached hydrogens (tertiary/aromatic N) is 5. The van der Waals surface area contributed by atoms with Gasteiger partial charge in [-0.05, 0) is 39.0 Å². The van der Waals surface area contributed by atoms with Crippen LogP contribution in [0.4, 0.5) is 9.18 Å². The average Bonchev–Trinajstić information content (AvgIpc) is 3.12. The van der Waals surface area contributed by atoms with Crippen LogP contribution in [0, 0.1) is 5.82 Å². The number of carbonyl (C=O) groups is 1. The van der Waals surface area contributed by atoms with Gasteiger partial charge in [0.1, 0.15) is 29.2 Å². The molecule has 0 atom stereocenters. The average molecular weight is 413 g/mol. The summed E-state index contributed by atoms with van der Waals surface area (Å²) in [5.41, 5.74) is 0.593. The molecule has 0 bridgehead atoms. The number of ether oxygens (including phenoxy) is 2. The van der Waals surface area contributed by atoms with Crippen molar-refractivity contribution in [1.29, 1.82) is 0 Å². The highest BCUT2D eigenvalue weighted by molar-refractivity contribution is 5.81. The summed E-state index contributed by atoms with van der Waals surface area (Å²) in [6.07, 6.45) is 3.98. The minimum atomic E-state index is -0.515. The fraction of sp³-hybridized carbons (Fsp3) is 0.429. The molecule has 3 heterocycles. The number of piperidine rings is 1. The molecule has 2 aromatic heterocycles. The van der Waals surface area contributed by atoms with Crippen molar-refractivity contribution < 1.29 is 18.7 Å². The fourth-order valence-electron chi connectivity index (χ4n) is 3.35. The van der Waals surface area contributed by atoms with E-state index in [0.29, 0.717) is 48.5 Å². The minimum Gasteiger partial charge on any atom is -0.474 e. The Morgan fingerprint density at radius 2 is 1.97 bits per heavy atom. The van der Waals surface area contributed by atoms with Gasteiger partial charge in [0, 0.05) is 25.9 Å². The summed E-state index contributed by atoms with van der Waals surface area (Å²) >= 11 is 0. The Hall–Kier alpha value is -3.23. The summed E-state index contributed by atoms with van der Waals surface area (Å²) in [5.74, 6) is 0.0804. The molecule has 0 radical (unpaired) electrons.